The minimum Gasteiger partial charge on any atom is -0.0622 e. The Hall–Kier alpha value is -6.76. The van der Waals surface area contributed by atoms with Crippen LogP contribution in [0.25, 0.3) is 98.7 Å². The molecule has 0 saturated heterocycles. The van der Waals surface area contributed by atoms with Gasteiger partial charge in [-0.25, -0.2) is 0 Å². The van der Waals surface area contributed by atoms with Crippen LogP contribution in [-0.2, 0) is 0 Å². The highest BCUT2D eigenvalue weighted by atomic mass is 14.2. The summed E-state index contributed by atoms with van der Waals surface area (Å²) in [4.78, 5) is 0. The Bertz CT molecular complexity index is 2850. The molecule has 0 saturated carbocycles. The number of rotatable bonds is 5. The first kappa shape index (κ1) is 30.1. The van der Waals surface area contributed by atoms with Gasteiger partial charge in [0.2, 0.25) is 0 Å². The van der Waals surface area contributed by atoms with Crippen molar-refractivity contribution in [1.29, 1.82) is 0 Å². The Kier molecular flexibility index (Phi) is 7.25. The fourth-order valence-electron chi connectivity index (χ4n) is 8.29. The van der Waals surface area contributed by atoms with E-state index in [1.165, 1.54) is 98.7 Å². The van der Waals surface area contributed by atoms with Gasteiger partial charge in [0.15, 0.2) is 0 Å². The maximum atomic E-state index is 2.31. The van der Waals surface area contributed by atoms with Crippen molar-refractivity contribution < 1.29 is 0 Å². The summed E-state index contributed by atoms with van der Waals surface area (Å²) in [6, 6.07) is 75.4. The lowest BCUT2D eigenvalue weighted by molar-refractivity contribution is 1.60. The van der Waals surface area contributed by atoms with Crippen LogP contribution in [0.2, 0.25) is 0 Å². The monoisotopic (exact) mass is 658 g/mol. The zero-order valence-corrected chi connectivity index (χ0v) is 28.6. The molecule has 0 aliphatic carbocycles. The number of hydrogen-bond donors (Lipinski definition) is 0. The van der Waals surface area contributed by atoms with Crippen LogP contribution < -0.4 is 0 Å². The molecule has 242 valence electrons. The van der Waals surface area contributed by atoms with Gasteiger partial charge in [-0.2, -0.15) is 0 Å². The van der Waals surface area contributed by atoms with Crippen molar-refractivity contribution >= 4 is 43.1 Å². The molecule has 0 unspecified atom stereocenters. The zero-order chi connectivity index (χ0) is 34.4. The van der Waals surface area contributed by atoms with E-state index in [-0.39, 0.29) is 0 Å². The van der Waals surface area contributed by atoms with Crippen molar-refractivity contribution in [1.82, 2.24) is 0 Å². The number of hydrogen-bond acceptors (Lipinski definition) is 0. The molecule has 10 aromatic carbocycles. The van der Waals surface area contributed by atoms with Crippen LogP contribution in [-0.4, -0.2) is 0 Å². The first-order chi connectivity index (χ1) is 25.8. The average Bonchev–Trinajstić information content (AvgIpc) is 3.22. The van der Waals surface area contributed by atoms with E-state index in [0.717, 1.165) is 0 Å². The van der Waals surface area contributed by atoms with E-state index < -0.39 is 0 Å². The van der Waals surface area contributed by atoms with Crippen LogP contribution in [0, 0.1) is 0 Å². The van der Waals surface area contributed by atoms with Crippen molar-refractivity contribution in [2.45, 2.75) is 0 Å². The standard InChI is InChI=1S/C52H34/c1-2-15-39(16-3-1)50-44-19-7-5-14-36(44)33-34-45(50)38-27-31-41(32-28-38)52-48-22-10-8-20-46(48)51(47-21-9-11-23-49(47)52)40-29-25-37(26-30-40)43-24-12-17-35-13-4-6-18-42(35)43/h1-34H. The molecule has 0 nitrogen and oxygen atoms in total. The van der Waals surface area contributed by atoms with Gasteiger partial charge in [0, 0.05) is 0 Å². The third-order valence-electron chi connectivity index (χ3n) is 10.7. The maximum absolute atomic E-state index is 2.31. The van der Waals surface area contributed by atoms with Gasteiger partial charge in [0.1, 0.15) is 0 Å². The molecular weight excluding hydrogens is 625 g/mol. The highest BCUT2D eigenvalue weighted by Crippen LogP contribution is 2.45. The minimum absolute atomic E-state index is 1.21. The second kappa shape index (κ2) is 12.5. The van der Waals surface area contributed by atoms with Crippen LogP contribution in [0.5, 0.6) is 0 Å². The summed E-state index contributed by atoms with van der Waals surface area (Å²) in [5.74, 6) is 0. The van der Waals surface area contributed by atoms with Crippen molar-refractivity contribution in [3.05, 3.63) is 206 Å². The molecule has 0 spiro atoms. The Morgan fingerprint density at radius 3 is 1.12 bits per heavy atom. The van der Waals surface area contributed by atoms with Crippen LogP contribution in [0.15, 0.2) is 206 Å². The normalized spacial score (nSPS) is 11.5. The van der Waals surface area contributed by atoms with Gasteiger partial charge in [0.25, 0.3) is 0 Å². The Morgan fingerprint density at radius 2 is 0.558 bits per heavy atom. The van der Waals surface area contributed by atoms with E-state index in [4.69, 9.17) is 0 Å². The molecule has 0 heterocycles. The topological polar surface area (TPSA) is 0 Å². The lowest BCUT2D eigenvalue weighted by atomic mass is 9.85. The second-order valence-electron chi connectivity index (χ2n) is 13.6. The Morgan fingerprint density at radius 1 is 0.173 bits per heavy atom. The average molecular weight is 659 g/mol. The van der Waals surface area contributed by atoms with E-state index in [0.29, 0.717) is 0 Å². The Labute approximate surface area is 303 Å². The molecule has 0 aliphatic rings. The SMILES string of the molecule is c1ccc(-c2c(-c3ccc(-c4c5ccccc5c(-c5ccc(-c6cccc7ccccc67)cc5)c5ccccc45)cc3)ccc3ccccc23)cc1. The van der Waals surface area contributed by atoms with Crippen molar-refractivity contribution in [2.24, 2.45) is 0 Å². The fourth-order valence-corrected chi connectivity index (χ4v) is 8.29. The summed E-state index contributed by atoms with van der Waals surface area (Å²) in [5.41, 5.74) is 12.5. The number of fused-ring (bicyclic) bond motifs is 4. The lowest BCUT2D eigenvalue weighted by Gasteiger charge is -2.19. The molecule has 52 heavy (non-hydrogen) atoms. The zero-order valence-electron chi connectivity index (χ0n) is 28.6. The molecule has 0 aromatic heterocycles. The summed E-state index contributed by atoms with van der Waals surface area (Å²) in [7, 11) is 0. The van der Waals surface area contributed by atoms with Gasteiger partial charge >= 0.3 is 0 Å². The third kappa shape index (κ3) is 5.00. The number of benzene rings is 10. The molecule has 0 amide bonds. The molecule has 0 aliphatic heterocycles. The van der Waals surface area contributed by atoms with E-state index >= 15 is 0 Å². The molecule has 10 aromatic rings. The highest BCUT2D eigenvalue weighted by molar-refractivity contribution is 6.21. The van der Waals surface area contributed by atoms with E-state index in [1.807, 2.05) is 0 Å². The van der Waals surface area contributed by atoms with Crippen LogP contribution in [0.1, 0.15) is 0 Å². The first-order valence-corrected chi connectivity index (χ1v) is 18.0. The van der Waals surface area contributed by atoms with E-state index in [2.05, 4.69) is 206 Å². The summed E-state index contributed by atoms with van der Waals surface area (Å²) in [6.07, 6.45) is 0. The largest absolute Gasteiger partial charge is 0.0622 e. The summed E-state index contributed by atoms with van der Waals surface area (Å²) in [6.45, 7) is 0. The summed E-state index contributed by atoms with van der Waals surface area (Å²) >= 11 is 0. The van der Waals surface area contributed by atoms with Gasteiger partial charge in [0.05, 0.1) is 0 Å². The van der Waals surface area contributed by atoms with Crippen LogP contribution >= 0.6 is 0 Å². The predicted molar refractivity (Wildman–Crippen MR) is 224 cm³/mol. The molecule has 0 fully saturated rings. The Balaban J connectivity index is 1.11. The highest BCUT2D eigenvalue weighted by Gasteiger charge is 2.18. The summed E-state index contributed by atoms with van der Waals surface area (Å²) in [5, 5.41) is 10.1. The smallest absolute Gasteiger partial charge is 0.00264 e. The quantitative estimate of drug-likeness (QED) is 0.161. The molecular formula is C52H34. The molecule has 0 bridgehead atoms. The first-order valence-electron chi connectivity index (χ1n) is 18.0. The van der Waals surface area contributed by atoms with Crippen LogP contribution in [0.4, 0.5) is 0 Å². The summed E-state index contributed by atoms with van der Waals surface area (Å²) < 4.78 is 0. The molecule has 0 heteroatoms. The van der Waals surface area contributed by atoms with Gasteiger partial charge < -0.3 is 0 Å². The second-order valence-corrected chi connectivity index (χ2v) is 13.6. The van der Waals surface area contributed by atoms with Crippen molar-refractivity contribution in [3.63, 3.8) is 0 Å². The van der Waals surface area contributed by atoms with Crippen LogP contribution in [0.3, 0.4) is 0 Å². The lowest BCUT2D eigenvalue weighted by Crippen LogP contribution is -1.92. The van der Waals surface area contributed by atoms with E-state index in [1.54, 1.807) is 0 Å². The van der Waals surface area contributed by atoms with Gasteiger partial charge in [-0.05, 0) is 98.7 Å². The van der Waals surface area contributed by atoms with Gasteiger partial charge in [-0.15, -0.1) is 0 Å². The van der Waals surface area contributed by atoms with Gasteiger partial charge in [-0.3, -0.25) is 0 Å². The molecule has 0 N–H and O–H groups in total. The predicted octanol–water partition coefficient (Wildman–Crippen LogP) is 14.6. The van der Waals surface area contributed by atoms with Gasteiger partial charge in [-0.1, -0.05) is 206 Å². The maximum Gasteiger partial charge on any atom is -0.00264 e. The van der Waals surface area contributed by atoms with Crippen molar-refractivity contribution in [3.8, 4) is 55.6 Å². The fraction of sp³-hybridized carbons (Fsp3) is 0. The van der Waals surface area contributed by atoms with Crippen molar-refractivity contribution in [2.75, 3.05) is 0 Å². The molecule has 10 rings (SSSR count). The minimum atomic E-state index is 1.21. The third-order valence-corrected chi connectivity index (χ3v) is 10.7. The van der Waals surface area contributed by atoms with E-state index in [9.17, 15) is 0 Å². The molecule has 0 radical (unpaired) electrons. The molecule has 0 atom stereocenters.